The van der Waals surface area contributed by atoms with Gasteiger partial charge in [0.05, 0.1) is 28.0 Å². The lowest BCUT2D eigenvalue weighted by atomic mass is 10.2. The first-order chi connectivity index (χ1) is 14.8. The van der Waals surface area contributed by atoms with E-state index in [0.29, 0.717) is 24.3 Å². The molecule has 0 fully saturated rings. The number of benzene rings is 2. The van der Waals surface area contributed by atoms with Crippen molar-refractivity contribution >= 4 is 38.9 Å². The molecule has 0 bridgehead atoms. The molecule has 0 spiro atoms. The van der Waals surface area contributed by atoms with Gasteiger partial charge < -0.3 is 0 Å². The number of aromatic nitrogens is 4. The molecule has 0 radical (unpaired) electrons. The van der Waals surface area contributed by atoms with Crippen molar-refractivity contribution in [2.75, 3.05) is 0 Å². The fourth-order valence-electron chi connectivity index (χ4n) is 3.76. The number of hydrogen-bond acceptors (Lipinski definition) is 3. The van der Waals surface area contributed by atoms with E-state index in [1.54, 1.807) is 15.3 Å². The van der Waals surface area contributed by atoms with Crippen molar-refractivity contribution < 1.29 is 0 Å². The van der Waals surface area contributed by atoms with Gasteiger partial charge in [-0.15, -0.1) is 0 Å². The Hall–Kier alpha value is -3.13. The van der Waals surface area contributed by atoms with Crippen LogP contribution in [0.4, 0.5) is 5.69 Å². The number of imidazole rings is 1. The summed E-state index contributed by atoms with van der Waals surface area (Å²) in [5.41, 5.74) is 5.27. The van der Waals surface area contributed by atoms with Gasteiger partial charge >= 0.3 is 5.69 Å². The number of H-pyrrole nitrogens is 1. The van der Waals surface area contributed by atoms with Gasteiger partial charge in [-0.1, -0.05) is 17.7 Å². The molecule has 0 aliphatic rings. The van der Waals surface area contributed by atoms with Crippen molar-refractivity contribution in [1.29, 1.82) is 0 Å². The lowest BCUT2D eigenvalue weighted by molar-refractivity contribution is 0.671. The zero-order valence-corrected chi connectivity index (χ0v) is 19.5. The smallest absolute Gasteiger partial charge is 0.295 e. The molecule has 0 aliphatic carbocycles. The molecular weight excluding hydrogens is 458 g/mol. The molecule has 0 atom stereocenters. The van der Waals surface area contributed by atoms with Crippen molar-refractivity contribution in [3.05, 3.63) is 78.5 Å². The Morgan fingerprint density at radius 3 is 2.23 bits per heavy atom. The summed E-state index contributed by atoms with van der Waals surface area (Å²) in [6.45, 7) is 8.93. The van der Waals surface area contributed by atoms with Crippen LogP contribution in [0.3, 0.4) is 0 Å². The largest absolute Gasteiger partial charge is 0.329 e. The highest BCUT2D eigenvalue weighted by Gasteiger charge is 2.15. The molecule has 0 saturated carbocycles. The molecule has 2 heterocycles. The Bertz CT molecular complexity index is 1420. The Kier molecular flexibility index (Phi) is 5.58. The van der Waals surface area contributed by atoms with Crippen LogP contribution in [-0.2, 0) is 13.1 Å². The molecule has 2 aromatic heterocycles. The highest BCUT2D eigenvalue weighted by molar-refractivity contribution is 9.10. The highest BCUT2D eigenvalue weighted by atomic mass is 79.9. The SMILES string of the molecule is CCn1c(=O)n(CC)c2cc(N=Cc3c(C)[nH]n(-c4ccc(C)cc4)c3=O)c(Br)cc21. The van der Waals surface area contributed by atoms with Crippen molar-refractivity contribution in [3.8, 4) is 5.69 Å². The summed E-state index contributed by atoms with van der Waals surface area (Å²) in [7, 11) is 0. The minimum atomic E-state index is -0.162. The van der Waals surface area contributed by atoms with Gasteiger partial charge in [0, 0.05) is 29.5 Å². The van der Waals surface area contributed by atoms with Crippen LogP contribution in [0.1, 0.15) is 30.7 Å². The first-order valence-electron chi connectivity index (χ1n) is 10.2. The van der Waals surface area contributed by atoms with Gasteiger partial charge in [-0.05, 0) is 67.9 Å². The first-order valence-corrected chi connectivity index (χ1v) is 11.0. The molecule has 0 unspecified atom stereocenters. The number of hydrogen-bond donors (Lipinski definition) is 1. The minimum absolute atomic E-state index is 0.0320. The first kappa shape index (κ1) is 21.1. The van der Waals surface area contributed by atoms with Crippen LogP contribution in [-0.4, -0.2) is 25.1 Å². The second-order valence-electron chi connectivity index (χ2n) is 7.45. The van der Waals surface area contributed by atoms with E-state index >= 15 is 0 Å². The average Bonchev–Trinajstić information content (AvgIpc) is 3.18. The number of aliphatic imine (C=N–C) groups is 1. The van der Waals surface area contributed by atoms with E-state index in [-0.39, 0.29) is 11.2 Å². The summed E-state index contributed by atoms with van der Waals surface area (Å²) >= 11 is 3.57. The molecule has 2 aromatic carbocycles. The molecule has 7 nitrogen and oxygen atoms in total. The van der Waals surface area contributed by atoms with Gasteiger partial charge in [-0.25, -0.2) is 9.48 Å². The van der Waals surface area contributed by atoms with Crippen LogP contribution < -0.4 is 11.2 Å². The number of halogens is 1. The fraction of sp³-hybridized carbons (Fsp3) is 0.261. The maximum atomic E-state index is 13.0. The van der Waals surface area contributed by atoms with Crippen molar-refractivity contribution in [3.63, 3.8) is 0 Å². The summed E-state index contributed by atoms with van der Waals surface area (Å²) in [6.07, 6.45) is 1.58. The van der Waals surface area contributed by atoms with Crippen LogP contribution >= 0.6 is 15.9 Å². The average molecular weight is 482 g/mol. The van der Waals surface area contributed by atoms with Crippen LogP contribution in [0, 0.1) is 13.8 Å². The molecule has 4 rings (SSSR count). The van der Waals surface area contributed by atoms with Crippen LogP contribution in [0.15, 0.2) is 55.5 Å². The van der Waals surface area contributed by atoms with Gasteiger partial charge in [0.15, 0.2) is 0 Å². The summed E-state index contributed by atoms with van der Waals surface area (Å²) in [5, 5.41) is 3.12. The van der Waals surface area contributed by atoms with Crippen molar-refractivity contribution in [1.82, 2.24) is 18.9 Å². The van der Waals surface area contributed by atoms with E-state index in [2.05, 4.69) is 26.0 Å². The van der Waals surface area contributed by atoms with Gasteiger partial charge in [-0.2, -0.15) is 0 Å². The second-order valence-corrected chi connectivity index (χ2v) is 8.30. The number of nitrogens with zero attached hydrogens (tertiary/aromatic N) is 4. The van der Waals surface area contributed by atoms with Crippen LogP contribution in [0.25, 0.3) is 16.7 Å². The number of rotatable bonds is 5. The summed E-state index contributed by atoms with van der Waals surface area (Å²) in [4.78, 5) is 30.2. The molecule has 160 valence electrons. The fourth-order valence-corrected chi connectivity index (χ4v) is 4.19. The number of aryl methyl sites for hydroxylation is 4. The number of fused-ring (bicyclic) bond motifs is 1. The zero-order chi connectivity index (χ0) is 22.3. The Morgan fingerprint density at radius 1 is 1.00 bits per heavy atom. The van der Waals surface area contributed by atoms with E-state index in [1.807, 2.05) is 64.1 Å². The zero-order valence-electron chi connectivity index (χ0n) is 17.9. The standard InChI is InChI=1S/C23H24BrN5O2/c1-5-27-20-11-18(24)19(12-21(20)28(6-2)23(27)31)25-13-17-15(4)26-29(22(17)30)16-9-7-14(3)8-10-16/h7-13,26H,5-6H2,1-4H3. The summed E-state index contributed by atoms with van der Waals surface area (Å²) < 4.78 is 5.76. The maximum absolute atomic E-state index is 13.0. The Balaban J connectivity index is 1.79. The normalized spacial score (nSPS) is 11.8. The Morgan fingerprint density at radius 2 is 1.61 bits per heavy atom. The van der Waals surface area contributed by atoms with E-state index in [9.17, 15) is 9.59 Å². The van der Waals surface area contributed by atoms with Gasteiger partial charge in [0.1, 0.15) is 0 Å². The topological polar surface area (TPSA) is 77.1 Å². The lowest BCUT2D eigenvalue weighted by Crippen LogP contribution is -2.22. The molecule has 0 aliphatic heterocycles. The third kappa shape index (κ3) is 3.61. The maximum Gasteiger partial charge on any atom is 0.329 e. The molecule has 8 heteroatoms. The van der Waals surface area contributed by atoms with Crippen LogP contribution in [0.2, 0.25) is 0 Å². The monoisotopic (exact) mass is 481 g/mol. The molecule has 31 heavy (non-hydrogen) atoms. The minimum Gasteiger partial charge on any atom is -0.295 e. The van der Waals surface area contributed by atoms with Gasteiger partial charge in [0.25, 0.3) is 5.56 Å². The summed E-state index contributed by atoms with van der Waals surface area (Å²) in [6, 6.07) is 11.5. The van der Waals surface area contributed by atoms with Crippen molar-refractivity contribution in [2.24, 2.45) is 4.99 Å². The van der Waals surface area contributed by atoms with E-state index in [1.165, 1.54) is 4.68 Å². The lowest BCUT2D eigenvalue weighted by Gasteiger charge is -2.03. The van der Waals surface area contributed by atoms with Crippen molar-refractivity contribution in [2.45, 2.75) is 40.8 Å². The highest BCUT2D eigenvalue weighted by Crippen LogP contribution is 2.30. The molecule has 4 aromatic rings. The summed E-state index contributed by atoms with van der Waals surface area (Å²) in [5.74, 6) is 0. The molecular formula is C23H24BrN5O2. The molecule has 0 amide bonds. The quantitative estimate of drug-likeness (QED) is 0.427. The number of aromatic amines is 1. The van der Waals surface area contributed by atoms with Gasteiger partial charge in [0.2, 0.25) is 0 Å². The Labute approximate surface area is 187 Å². The van der Waals surface area contributed by atoms with E-state index < -0.39 is 0 Å². The van der Waals surface area contributed by atoms with E-state index in [4.69, 9.17) is 0 Å². The number of nitrogens with one attached hydrogen (secondary N) is 1. The second kappa shape index (κ2) is 8.19. The van der Waals surface area contributed by atoms with E-state index in [0.717, 1.165) is 32.5 Å². The molecule has 1 N–H and O–H groups in total. The predicted molar refractivity (Wildman–Crippen MR) is 128 cm³/mol. The third-order valence-electron chi connectivity index (χ3n) is 5.46. The molecule has 0 saturated heterocycles. The predicted octanol–water partition coefficient (Wildman–Crippen LogP) is 4.45. The third-order valence-corrected chi connectivity index (χ3v) is 6.10. The van der Waals surface area contributed by atoms with Gasteiger partial charge in [-0.3, -0.25) is 24.0 Å². The van der Waals surface area contributed by atoms with Crippen LogP contribution in [0.5, 0.6) is 0 Å².